The molecular formula is C2H4N4S. The minimum Gasteiger partial charge on any atom is -0.260 e. The SMILES string of the molecule is NN1CN=NC1=S. The molecule has 4 nitrogen and oxygen atoms in total. The van der Waals surface area contributed by atoms with Crippen LogP contribution in [0.4, 0.5) is 0 Å². The number of rotatable bonds is 0. The molecule has 7 heavy (non-hydrogen) atoms. The number of thiocarbonyl (C=S) groups is 1. The summed E-state index contributed by atoms with van der Waals surface area (Å²) in [7, 11) is 0. The highest BCUT2D eigenvalue weighted by Crippen LogP contribution is 1.95. The summed E-state index contributed by atoms with van der Waals surface area (Å²) < 4.78 is 0. The van der Waals surface area contributed by atoms with Gasteiger partial charge in [-0.05, 0) is 12.2 Å². The number of hydrazine groups is 1. The molecule has 0 amide bonds. The van der Waals surface area contributed by atoms with E-state index in [9.17, 15) is 0 Å². The van der Waals surface area contributed by atoms with Gasteiger partial charge in [-0.2, -0.15) is 5.11 Å². The molecule has 0 atom stereocenters. The van der Waals surface area contributed by atoms with Crippen molar-refractivity contribution in [1.29, 1.82) is 0 Å². The molecule has 0 unspecified atom stereocenters. The van der Waals surface area contributed by atoms with Gasteiger partial charge in [-0.15, -0.1) is 5.11 Å². The summed E-state index contributed by atoms with van der Waals surface area (Å²) in [6, 6.07) is 0. The van der Waals surface area contributed by atoms with Crippen LogP contribution in [0.3, 0.4) is 0 Å². The Bertz CT molecular complexity index is 119. The van der Waals surface area contributed by atoms with E-state index in [4.69, 9.17) is 5.84 Å². The second kappa shape index (κ2) is 1.51. The standard InChI is InChI=1S/C2H4N4S/c3-6-1-4-5-2(6)7/h1,3H2. The van der Waals surface area contributed by atoms with Crippen LogP contribution in [0.25, 0.3) is 0 Å². The van der Waals surface area contributed by atoms with E-state index in [0.717, 1.165) is 0 Å². The van der Waals surface area contributed by atoms with E-state index in [1.807, 2.05) is 0 Å². The molecule has 0 bridgehead atoms. The zero-order valence-corrected chi connectivity index (χ0v) is 4.35. The van der Waals surface area contributed by atoms with Gasteiger partial charge in [0.05, 0.1) is 0 Å². The maximum Gasteiger partial charge on any atom is 0.232 e. The molecule has 1 rings (SSSR count). The molecule has 0 fully saturated rings. The van der Waals surface area contributed by atoms with Gasteiger partial charge in [0.2, 0.25) is 5.11 Å². The smallest absolute Gasteiger partial charge is 0.232 e. The minimum absolute atomic E-state index is 0.361. The van der Waals surface area contributed by atoms with E-state index in [2.05, 4.69) is 22.4 Å². The predicted molar refractivity (Wildman–Crippen MR) is 28.3 cm³/mol. The first kappa shape index (κ1) is 4.61. The molecule has 2 N–H and O–H groups in total. The summed E-state index contributed by atoms with van der Waals surface area (Å²) in [4.78, 5) is 0. The molecule has 1 aliphatic heterocycles. The highest BCUT2D eigenvalue weighted by atomic mass is 32.1. The Kier molecular flexibility index (Phi) is 0.994. The van der Waals surface area contributed by atoms with Crippen molar-refractivity contribution in [3.63, 3.8) is 0 Å². The van der Waals surface area contributed by atoms with Crippen LogP contribution in [0.2, 0.25) is 0 Å². The van der Waals surface area contributed by atoms with Crippen LogP contribution in [0, 0.1) is 0 Å². The Morgan fingerprint density at radius 1 is 1.86 bits per heavy atom. The van der Waals surface area contributed by atoms with Crippen LogP contribution in [-0.4, -0.2) is 16.8 Å². The van der Waals surface area contributed by atoms with Gasteiger partial charge in [-0.1, -0.05) is 0 Å². The van der Waals surface area contributed by atoms with Gasteiger partial charge in [0, 0.05) is 0 Å². The first-order chi connectivity index (χ1) is 3.30. The van der Waals surface area contributed by atoms with Crippen molar-refractivity contribution in [2.45, 2.75) is 0 Å². The lowest BCUT2D eigenvalue weighted by Crippen LogP contribution is -2.30. The summed E-state index contributed by atoms with van der Waals surface area (Å²) in [5.74, 6) is 5.18. The molecular weight excluding hydrogens is 112 g/mol. The van der Waals surface area contributed by atoms with Gasteiger partial charge in [0.1, 0.15) is 6.67 Å². The van der Waals surface area contributed by atoms with E-state index in [0.29, 0.717) is 11.8 Å². The number of azo groups is 1. The van der Waals surface area contributed by atoms with Crippen molar-refractivity contribution in [1.82, 2.24) is 5.01 Å². The summed E-state index contributed by atoms with van der Waals surface area (Å²) in [6.45, 7) is 0.402. The average molecular weight is 116 g/mol. The molecule has 1 aliphatic rings. The molecule has 0 aromatic carbocycles. The number of hydrogen-bond acceptors (Lipinski definition) is 3. The predicted octanol–water partition coefficient (Wildman–Crippen LogP) is -0.130. The van der Waals surface area contributed by atoms with Crippen molar-refractivity contribution >= 4 is 17.3 Å². The van der Waals surface area contributed by atoms with Crippen LogP contribution in [0.5, 0.6) is 0 Å². The lowest BCUT2D eigenvalue weighted by molar-refractivity contribution is 0.484. The second-order valence-corrected chi connectivity index (χ2v) is 1.50. The summed E-state index contributed by atoms with van der Waals surface area (Å²) in [5, 5.41) is 8.67. The highest BCUT2D eigenvalue weighted by molar-refractivity contribution is 7.80. The molecule has 0 spiro atoms. The zero-order chi connectivity index (χ0) is 5.28. The van der Waals surface area contributed by atoms with Gasteiger partial charge in [-0.25, -0.2) is 5.84 Å². The first-order valence-electron chi connectivity index (χ1n) is 1.74. The maximum atomic E-state index is 5.18. The fourth-order valence-corrected chi connectivity index (χ4v) is 0.394. The number of nitrogens with zero attached hydrogens (tertiary/aromatic N) is 3. The van der Waals surface area contributed by atoms with Gasteiger partial charge in [-0.3, -0.25) is 5.01 Å². The normalized spacial score (nSPS) is 19.0. The van der Waals surface area contributed by atoms with Gasteiger partial charge >= 0.3 is 0 Å². The van der Waals surface area contributed by atoms with Crippen molar-refractivity contribution in [2.24, 2.45) is 16.1 Å². The molecule has 0 aliphatic carbocycles. The maximum absolute atomic E-state index is 5.18. The summed E-state index contributed by atoms with van der Waals surface area (Å²) in [6.07, 6.45) is 0. The van der Waals surface area contributed by atoms with Crippen LogP contribution >= 0.6 is 12.2 Å². The van der Waals surface area contributed by atoms with Crippen molar-refractivity contribution in [3.8, 4) is 0 Å². The number of nitrogens with two attached hydrogens (primary N) is 1. The lowest BCUT2D eigenvalue weighted by Gasteiger charge is -2.01. The fourth-order valence-electron chi connectivity index (χ4n) is 0.278. The summed E-state index contributed by atoms with van der Waals surface area (Å²) in [5.41, 5.74) is 0. The van der Waals surface area contributed by atoms with Crippen molar-refractivity contribution < 1.29 is 0 Å². The average Bonchev–Trinajstić information content (AvgIpc) is 1.91. The third-order valence-electron chi connectivity index (χ3n) is 0.618. The molecule has 5 heteroatoms. The van der Waals surface area contributed by atoms with E-state index >= 15 is 0 Å². The van der Waals surface area contributed by atoms with Crippen molar-refractivity contribution in [2.75, 3.05) is 6.67 Å². The Balaban J connectivity index is 2.62. The third kappa shape index (κ3) is 0.726. The van der Waals surface area contributed by atoms with E-state index in [-0.39, 0.29) is 0 Å². The Morgan fingerprint density at radius 3 is 2.71 bits per heavy atom. The third-order valence-corrected chi connectivity index (χ3v) is 0.934. The first-order valence-corrected chi connectivity index (χ1v) is 2.15. The van der Waals surface area contributed by atoms with Crippen molar-refractivity contribution in [3.05, 3.63) is 0 Å². The largest absolute Gasteiger partial charge is 0.260 e. The number of hydrogen-bond donors (Lipinski definition) is 1. The molecule has 0 aromatic heterocycles. The van der Waals surface area contributed by atoms with Crippen LogP contribution in [0.1, 0.15) is 0 Å². The quantitative estimate of drug-likeness (QED) is 0.354. The van der Waals surface area contributed by atoms with E-state index in [1.54, 1.807) is 0 Å². The Morgan fingerprint density at radius 2 is 2.57 bits per heavy atom. The molecule has 0 aromatic rings. The van der Waals surface area contributed by atoms with Gasteiger partial charge in [0.15, 0.2) is 0 Å². The van der Waals surface area contributed by atoms with Crippen LogP contribution in [0.15, 0.2) is 10.2 Å². The Labute approximate surface area is 46.0 Å². The fraction of sp³-hybridized carbons (Fsp3) is 0.500. The molecule has 1 heterocycles. The second-order valence-electron chi connectivity index (χ2n) is 1.14. The van der Waals surface area contributed by atoms with E-state index in [1.165, 1.54) is 5.01 Å². The Hall–Kier alpha value is -0.550. The van der Waals surface area contributed by atoms with Gasteiger partial charge < -0.3 is 0 Å². The van der Waals surface area contributed by atoms with Crippen LogP contribution in [-0.2, 0) is 0 Å². The summed E-state index contributed by atoms with van der Waals surface area (Å²) >= 11 is 4.58. The minimum atomic E-state index is 0.361. The zero-order valence-electron chi connectivity index (χ0n) is 3.53. The topological polar surface area (TPSA) is 54.0 Å². The molecule has 0 saturated heterocycles. The molecule has 38 valence electrons. The van der Waals surface area contributed by atoms with Crippen LogP contribution < -0.4 is 5.84 Å². The molecule has 0 radical (unpaired) electrons. The highest BCUT2D eigenvalue weighted by Gasteiger charge is 2.06. The lowest BCUT2D eigenvalue weighted by atomic mass is 11.0. The van der Waals surface area contributed by atoms with Gasteiger partial charge in [0.25, 0.3) is 0 Å². The van der Waals surface area contributed by atoms with E-state index < -0.39 is 0 Å². The monoisotopic (exact) mass is 116 g/mol. The molecule has 0 saturated carbocycles.